The van der Waals surface area contributed by atoms with Gasteiger partial charge in [-0.15, -0.1) is 0 Å². The predicted molar refractivity (Wildman–Crippen MR) is 112 cm³/mol. The topological polar surface area (TPSA) is 69.7 Å². The van der Waals surface area contributed by atoms with Crippen LogP contribution in [0.25, 0.3) is 0 Å². The van der Waals surface area contributed by atoms with Crippen molar-refractivity contribution < 1.29 is 14.4 Å². The maximum absolute atomic E-state index is 12.4. The number of nitrogens with zero attached hydrogens (tertiary/aromatic N) is 2. The molecule has 3 amide bonds. The molecular formula is C23H25N3O3. The van der Waals surface area contributed by atoms with Gasteiger partial charge in [-0.3, -0.25) is 19.3 Å². The Morgan fingerprint density at radius 2 is 1.66 bits per heavy atom. The molecule has 150 valence electrons. The van der Waals surface area contributed by atoms with Gasteiger partial charge in [0, 0.05) is 37.4 Å². The summed E-state index contributed by atoms with van der Waals surface area (Å²) >= 11 is 0. The van der Waals surface area contributed by atoms with Gasteiger partial charge in [0.25, 0.3) is 11.8 Å². The molecule has 0 unspecified atom stereocenters. The molecule has 2 aromatic carbocycles. The van der Waals surface area contributed by atoms with Gasteiger partial charge in [-0.2, -0.15) is 0 Å². The number of carbonyl (C=O) groups excluding carboxylic acids is 3. The molecule has 0 radical (unpaired) electrons. The molecule has 29 heavy (non-hydrogen) atoms. The SMILES string of the molecule is Cc1ccc(N2CCCC2)cc1NC(=O)CCCN1C(=O)c2ccccc2C1=O. The van der Waals surface area contributed by atoms with E-state index in [1.807, 2.05) is 19.1 Å². The van der Waals surface area contributed by atoms with Crippen LogP contribution in [0.1, 0.15) is 52.0 Å². The van der Waals surface area contributed by atoms with Crippen molar-refractivity contribution in [3.05, 3.63) is 59.2 Å². The van der Waals surface area contributed by atoms with E-state index in [1.54, 1.807) is 24.3 Å². The number of amides is 3. The third kappa shape index (κ3) is 3.88. The molecule has 4 rings (SSSR count). The second-order valence-corrected chi connectivity index (χ2v) is 7.65. The molecule has 1 fully saturated rings. The highest BCUT2D eigenvalue weighted by Crippen LogP contribution is 2.26. The van der Waals surface area contributed by atoms with E-state index in [1.165, 1.54) is 17.7 Å². The minimum absolute atomic E-state index is 0.108. The van der Waals surface area contributed by atoms with E-state index in [2.05, 4.69) is 16.3 Å². The number of anilines is 2. The normalized spacial score (nSPS) is 15.8. The standard InChI is InChI=1S/C23H25N3O3/c1-16-10-11-17(25-12-4-5-13-25)15-20(16)24-21(27)9-6-14-26-22(28)18-7-2-3-8-19(18)23(26)29/h2-3,7-8,10-11,15H,4-6,9,12-14H2,1H3,(H,24,27). The molecule has 0 bridgehead atoms. The number of fused-ring (bicyclic) bond motifs is 1. The number of carbonyl (C=O) groups is 3. The zero-order valence-corrected chi connectivity index (χ0v) is 16.6. The van der Waals surface area contributed by atoms with Gasteiger partial charge >= 0.3 is 0 Å². The molecule has 2 aliphatic heterocycles. The zero-order valence-electron chi connectivity index (χ0n) is 16.6. The highest BCUT2D eigenvalue weighted by Gasteiger charge is 2.34. The molecule has 2 aliphatic rings. The van der Waals surface area contributed by atoms with Crippen molar-refractivity contribution >= 4 is 29.1 Å². The predicted octanol–water partition coefficient (Wildman–Crippen LogP) is 3.61. The number of rotatable bonds is 6. The summed E-state index contributed by atoms with van der Waals surface area (Å²) in [5.41, 5.74) is 3.85. The highest BCUT2D eigenvalue weighted by molar-refractivity contribution is 6.21. The van der Waals surface area contributed by atoms with Gasteiger partial charge in [0.1, 0.15) is 0 Å². The minimum Gasteiger partial charge on any atom is -0.371 e. The van der Waals surface area contributed by atoms with E-state index in [9.17, 15) is 14.4 Å². The summed E-state index contributed by atoms with van der Waals surface area (Å²) in [6.45, 7) is 4.32. The highest BCUT2D eigenvalue weighted by atomic mass is 16.2. The Balaban J connectivity index is 1.33. The summed E-state index contributed by atoms with van der Waals surface area (Å²) in [7, 11) is 0. The van der Waals surface area contributed by atoms with Crippen LogP contribution in [0, 0.1) is 6.92 Å². The van der Waals surface area contributed by atoms with Crippen LogP contribution in [-0.2, 0) is 4.79 Å². The number of nitrogens with one attached hydrogen (secondary N) is 1. The number of aryl methyl sites for hydroxylation is 1. The fourth-order valence-electron chi connectivity index (χ4n) is 3.97. The Kier molecular flexibility index (Phi) is 5.34. The molecule has 1 N–H and O–H groups in total. The van der Waals surface area contributed by atoms with Crippen LogP contribution in [0.15, 0.2) is 42.5 Å². The van der Waals surface area contributed by atoms with Gasteiger partial charge in [0.05, 0.1) is 11.1 Å². The van der Waals surface area contributed by atoms with Crippen molar-refractivity contribution in [1.29, 1.82) is 0 Å². The van der Waals surface area contributed by atoms with Crippen LogP contribution in [-0.4, -0.2) is 42.3 Å². The first kappa shape index (κ1) is 19.2. The lowest BCUT2D eigenvalue weighted by Crippen LogP contribution is -2.31. The number of hydrogen-bond acceptors (Lipinski definition) is 4. The maximum atomic E-state index is 12.4. The lowest BCUT2D eigenvalue weighted by molar-refractivity contribution is -0.116. The Bertz CT molecular complexity index is 929. The fourth-order valence-corrected chi connectivity index (χ4v) is 3.97. The van der Waals surface area contributed by atoms with Gasteiger partial charge in [0.15, 0.2) is 0 Å². The van der Waals surface area contributed by atoms with Gasteiger partial charge < -0.3 is 10.2 Å². The average Bonchev–Trinajstić information content (AvgIpc) is 3.33. The summed E-state index contributed by atoms with van der Waals surface area (Å²) in [4.78, 5) is 40.8. The minimum atomic E-state index is -0.278. The molecular weight excluding hydrogens is 366 g/mol. The monoisotopic (exact) mass is 391 g/mol. The fraction of sp³-hybridized carbons (Fsp3) is 0.348. The lowest BCUT2D eigenvalue weighted by Gasteiger charge is -2.20. The second kappa shape index (κ2) is 8.07. The third-order valence-electron chi connectivity index (χ3n) is 5.63. The van der Waals surface area contributed by atoms with Crippen molar-refractivity contribution in [2.75, 3.05) is 29.9 Å². The first-order chi connectivity index (χ1) is 14.0. The van der Waals surface area contributed by atoms with E-state index >= 15 is 0 Å². The largest absolute Gasteiger partial charge is 0.371 e. The molecule has 0 saturated carbocycles. The van der Waals surface area contributed by atoms with E-state index in [0.717, 1.165) is 30.0 Å². The third-order valence-corrected chi connectivity index (χ3v) is 5.63. The molecule has 6 nitrogen and oxygen atoms in total. The zero-order chi connectivity index (χ0) is 20.4. The molecule has 0 spiro atoms. The van der Waals surface area contributed by atoms with Gasteiger partial charge in [-0.1, -0.05) is 18.2 Å². The van der Waals surface area contributed by atoms with Gasteiger partial charge in [0.2, 0.25) is 5.91 Å². The van der Waals surface area contributed by atoms with E-state index in [0.29, 0.717) is 17.5 Å². The molecule has 2 aromatic rings. The van der Waals surface area contributed by atoms with Crippen molar-refractivity contribution in [3.8, 4) is 0 Å². The van der Waals surface area contributed by atoms with Crippen molar-refractivity contribution in [2.24, 2.45) is 0 Å². The molecule has 0 aliphatic carbocycles. The molecule has 2 heterocycles. The average molecular weight is 391 g/mol. The number of imide groups is 1. The summed E-state index contributed by atoms with van der Waals surface area (Å²) in [6.07, 6.45) is 3.09. The van der Waals surface area contributed by atoms with Crippen molar-refractivity contribution in [3.63, 3.8) is 0 Å². The Morgan fingerprint density at radius 1 is 1.00 bits per heavy atom. The van der Waals surface area contributed by atoms with Crippen LogP contribution in [0.5, 0.6) is 0 Å². The Labute approximate surface area is 170 Å². The number of benzene rings is 2. The molecule has 6 heteroatoms. The van der Waals surface area contributed by atoms with Crippen molar-refractivity contribution in [2.45, 2.75) is 32.6 Å². The van der Waals surface area contributed by atoms with Crippen molar-refractivity contribution in [1.82, 2.24) is 4.90 Å². The maximum Gasteiger partial charge on any atom is 0.261 e. The van der Waals surface area contributed by atoms with E-state index in [-0.39, 0.29) is 30.7 Å². The van der Waals surface area contributed by atoms with Gasteiger partial charge in [-0.05, 0) is 56.0 Å². The van der Waals surface area contributed by atoms with E-state index < -0.39 is 0 Å². The van der Waals surface area contributed by atoms with E-state index in [4.69, 9.17) is 0 Å². The van der Waals surface area contributed by atoms with Crippen LogP contribution in [0.4, 0.5) is 11.4 Å². The molecule has 0 atom stereocenters. The summed E-state index contributed by atoms with van der Waals surface area (Å²) in [5.74, 6) is -0.663. The Hall–Kier alpha value is -3.15. The molecule has 0 aromatic heterocycles. The van der Waals surface area contributed by atoms with Crippen LogP contribution >= 0.6 is 0 Å². The summed E-state index contributed by atoms with van der Waals surface area (Å²) in [5, 5.41) is 2.99. The summed E-state index contributed by atoms with van der Waals surface area (Å²) in [6, 6.07) is 13.0. The quantitative estimate of drug-likeness (QED) is 0.764. The van der Waals surface area contributed by atoms with Crippen LogP contribution < -0.4 is 10.2 Å². The number of hydrogen-bond donors (Lipinski definition) is 1. The van der Waals surface area contributed by atoms with Gasteiger partial charge in [-0.25, -0.2) is 0 Å². The smallest absolute Gasteiger partial charge is 0.261 e. The second-order valence-electron chi connectivity index (χ2n) is 7.65. The summed E-state index contributed by atoms with van der Waals surface area (Å²) < 4.78 is 0. The lowest BCUT2D eigenvalue weighted by atomic mass is 10.1. The molecule has 1 saturated heterocycles. The first-order valence-corrected chi connectivity index (χ1v) is 10.2. The van der Waals surface area contributed by atoms with Crippen LogP contribution in [0.3, 0.4) is 0 Å². The Morgan fingerprint density at radius 3 is 2.31 bits per heavy atom. The van der Waals surface area contributed by atoms with Crippen LogP contribution in [0.2, 0.25) is 0 Å². The first-order valence-electron chi connectivity index (χ1n) is 10.2.